The molecular weight excluding hydrogens is 238 g/mol. The van der Waals surface area contributed by atoms with E-state index in [1.54, 1.807) is 6.07 Å². The number of rotatable bonds is 0. The molecule has 2 rings (SSSR count). The van der Waals surface area contributed by atoms with Gasteiger partial charge in [-0.15, -0.1) is 0 Å². The molecule has 0 saturated carbocycles. The average Bonchev–Trinajstić information content (AvgIpc) is 2.25. The topological polar surface area (TPSA) is 20.3 Å². The maximum atomic E-state index is 12.9. The number of benzene rings is 1. The molecule has 0 saturated heterocycles. The van der Waals surface area contributed by atoms with Crippen LogP contribution in [0.4, 0.5) is 17.6 Å². The number of hydrogen-bond acceptors (Lipinski definition) is 1. The highest BCUT2D eigenvalue weighted by molar-refractivity contribution is 5.82. The van der Waals surface area contributed by atoms with Crippen molar-refractivity contribution in [1.29, 1.82) is 0 Å². The fraction of sp³-hybridized carbons (Fsp3) is 0.364. The molecule has 1 aromatic rings. The number of fused-ring (bicyclic) bond motifs is 1. The molecule has 0 spiro atoms. The monoisotopic (exact) mass is 247 g/mol. The van der Waals surface area contributed by atoms with Crippen LogP contribution in [-0.2, 0) is 17.8 Å². The minimum absolute atomic E-state index is 0.0109. The molecule has 1 aromatic carbocycles. The average molecular weight is 247 g/mol. The van der Waals surface area contributed by atoms with Gasteiger partial charge in [-0.05, 0) is 29.7 Å². The fourth-order valence-electron chi connectivity index (χ4n) is 1.88. The third-order valence-corrected chi connectivity index (χ3v) is 2.71. The van der Waals surface area contributed by atoms with Crippen molar-refractivity contribution >= 4 is 5.91 Å². The van der Waals surface area contributed by atoms with E-state index in [0.29, 0.717) is 16.9 Å². The first-order valence-electron chi connectivity index (χ1n) is 5.01. The molecule has 0 radical (unpaired) electrons. The SMILES string of the molecule is O=C(N1CCc2ccc(F)cc2C1)C(F)(F)F. The minimum Gasteiger partial charge on any atom is -0.330 e. The molecule has 1 aliphatic heterocycles. The smallest absolute Gasteiger partial charge is 0.330 e. The third kappa shape index (κ3) is 2.40. The molecule has 0 aliphatic carbocycles. The molecule has 0 fully saturated rings. The lowest BCUT2D eigenvalue weighted by molar-refractivity contribution is -0.186. The molecule has 6 heteroatoms. The van der Waals surface area contributed by atoms with E-state index in [4.69, 9.17) is 0 Å². The molecule has 0 atom stereocenters. The summed E-state index contributed by atoms with van der Waals surface area (Å²) in [6.07, 6.45) is -4.55. The Kier molecular flexibility index (Phi) is 2.81. The van der Waals surface area contributed by atoms with Gasteiger partial charge in [0.1, 0.15) is 5.82 Å². The highest BCUT2D eigenvalue weighted by atomic mass is 19.4. The van der Waals surface area contributed by atoms with E-state index in [0.717, 1.165) is 5.56 Å². The van der Waals surface area contributed by atoms with Crippen molar-refractivity contribution < 1.29 is 22.4 Å². The van der Waals surface area contributed by atoms with E-state index in [2.05, 4.69) is 0 Å². The van der Waals surface area contributed by atoms with Crippen LogP contribution in [0.1, 0.15) is 11.1 Å². The molecule has 0 aromatic heterocycles. The Morgan fingerprint density at radius 3 is 2.59 bits per heavy atom. The minimum atomic E-state index is -4.87. The van der Waals surface area contributed by atoms with Gasteiger partial charge >= 0.3 is 12.1 Å². The molecule has 1 aliphatic rings. The van der Waals surface area contributed by atoms with Gasteiger partial charge in [0.25, 0.3) is 0 Å². The second-order valence-electron chi connectivity index (χ2n) is 3.89. The Hall–Kier alpha value is -1.59. The zero-order valence-electron chi connectivity index (χ0n) is 8.72. The predicted molar refractivity (Wildman–Crippen MR) is 51.6 cm³/mol. The second kappa shape index (κ2) is 4.01. The van der Waals surface area contributed by atoms with Crippen LogP contribution in [0.3, 0.4) is 0 Å². The van der Waals surface area contributed by atoms with Gasteiger partial charge in [0.05, 0.1) is 0 Å². The molecule has 2 nitrogen and oxygen atoms in total. The number of amides is 1. The Labute approximate surface area is 94.8 Å². The predicted octanol–water partition coefficient (Wildman–Crippen LogP) is 2.27. The summed E-state index contributed by atoms with van der Waals surface area (Å²) in [6, 6.07) is 3.98. The summed E-state index contributed by atoms with van der Waals surface area (Å²) in [6.45, 7) is -0.178. The molecule has 0 bridgehead atoms. The van der Waals surface area contributed by atoms with Crippen LogP contribution in [0.15, 0.2) is 18.2 Å². The van der Waals surface area contributed by atoms with Gasteiger partial charge in [-0.3, -0.25) is 4.79 Å². The van der Waals surface area contributed by atoms with E-state index in [9.17, 15) is 22.4 Å². The Morgan fingerprint density at radius 2 is 1.94 bits per heavy atom. The van der Waals surface area contributed by atoms with Crippen LogP contribution in [0.2, 0.25) is 0 Å². The number of alkyl halides is 3. The molecule has 1 heterocycles. The van der Waals surface area contributed by atoms with E-state index in [1.807, 2.05) is 0 Å². The van der Waals surface area contributed by atoms with Crippen molar-refractivity contribution in [3.05, 3.63) is 35.1 Å². The van der Waals surface area contributed by atoms with E-state index < -0.39 is 17.9 Å². The molecular formula is C11H9F4NO. The number of carbonyl (C=O) groups excluding carboxylic acids is 1. The van der Waals surface area contributed by atoms with Gasteiger partial charge in [-0.1, -0.05) is 6.07 Å². The van der Waals surface area contributed by atoms with Crippen LogP contribution in [0.5, 0.6) is 0 Å². The standard InChI is InChI=1S/C11H9F4NO/c12-9-2-1-7-3-4-16(6-8(7)5-9)10(17)11(13,14)15/h1-2,5H,3-4,6H2. The maximum absolute atomic E-state index is 12.9. The van der Waals surface area contributed by atoms with Crippen molar-refractivity contribution in [3.63, 3.8) is 0 Å². The molecule has 1 amide bonds. The summed E-state index contributed by atoms with van der Waals surface area (Å²) in [7, 11) is 0. The summed E-state index contributed by atoms with van der Waals surface area (Å²) in [4.78, 5) is 11.7. The van der Waals surface area contributed by atoms with Gasteiger partial charge in [-0.2, -0.15) is 13.2 Å². The third-order valence-electron chi connectivity index (χ3n) is 2.71. The maximum Gasteiger partial charge on any atom is 0.471 e. The van der Waals surface area contributed by atoms with Crippen LogP contribution in [0, 0.1) is 5.82 Å². The lowest BCUT2D eigenvalue weighted by atomic mass is 9.99. The first-order valence-corrected chi connectivity index (χ1v) is 5.01. The number of halogens is 4. The molecule has 0 N–H and O–H groups in total. The van der Waals surface area contributed by atoms with Crippen molar-refractivity contribution in [1.82, 2.24) is 4.90 Å². The van der Waals surface area contributed by atoms with Gasteiger partial charge in [-0.25, -0.2) is 4.39 Å². The van der Waals surface area contributed by atoms with E-state index in [1.165, 1.54) is 12.1 Å². The molecule has 0 unspecified atom stereocenters. The van der Waals surface area contributed by atoms with Gasteiger partial charge in [0.2, 0.25) is 0 Å². The summed E-state index contributed by atoms with van der Waals surface area (Å²) in [5.41, 5.74) is 1.23. The van der Waals surface area contributed by atoms with E-state index >= 15 is 0 Å². The van der Waals surface area contributed by atoms with Gasteiger partial charge in [0, 0.05) is 13.1 Å². The van der Waals surface area contributed by atoms with Crippen LogP contribution in [-0.4, -0.2) is 23.5 Å². The van der Waals surface area contributed by atoms with Crippen molar-refractivity contribution in [2.45, 2.75) is 19.1 Å². The highest BCUT2D eigenvalue weighted by Crippen LogP contribution is 2.25. The van der Waals surface area contributed by atoms with Crippen molar-refractivity contribution in [3.8, 4) is 0 Å². The lowest BCUT2D eigenvalue weighted by Crippen LogP contribution is -2.43. The molecule has 17 heavy (non-hydrogen) atoms. The lowest BCUT2D eigenvalue weighted by Gasteiger charge is -2.29. The Bertz CT molecular complexity index is 455. The number of hydrogen-bond donors (Lipinski definition) is 0. The number of nitrogens with zero attached hydrogens (tertiary/aromatic N) is 1. The second-order valence-corrected chi connectivity index (χ2v) is 3.89. The fourth-order valence-corrected chi connectivity index (χ4v) is 1.88. The largest absolute Gasteiger partial charge is 0.471 e. The normalized spacial score (nSPS) is 15.6. The quantitative estimate of drug-likeness (QED) is 0.644. The van der Waals surface area contributed by atoms with Crippen molar-refractivity contribution in [2.24, 2.45) is 0 Å². The zero-order chi connectivity index (χ0) is 12.6. The highest BCUT2D eigenvalue weighted by Gasteiger charge is 2.43. The van der Waals surface area contributed by atoms with Crippen molar-refractivity contribution in [2.75, 3.05) is 6.54 Å². The summed E-state index contributed by atoms with van der Waals surface area (Å²) < 4.78 is 49.6. The van der Waals surface area contributed by atoms with Gasteiger partial charge < -0.3 is 4.90 Å². The Balaban J connectivity index is 2.21. The number of carbonyl (C=O) groups is 1. The molecule has 92 valence electrons. The first-order chi connectivity index (χ1) is 7.88. The van der Waals surface area contributed by atoms with Crippen LogP contribution < -0.4 is 0 Å². The Morgan fingerprint density at radius 1 is 1.24 bits per heavy atom. The summed E-state index contributed by atoms with van der Waals surface area (Å²) in [5.74, 6) is -2.38. The van der Waals surface area contributed by atoms with Gasteiger partial charge in [0.15, 0.2) is 0 Å². The summed E-state index contributed by atoms with van der Waals surface area (Å²) >= 11 is 0. The van der Waals surface area contributed by atoms with Crippen LogP contribution >= 0.6 is 0 Å². The van der Waals surface area contributed by atoms with Crippen LogP contribution in [0.25, 0.3) is 0 Å². The zero-order valence-corrected chi connectivity index (χ0v) is 8.72. The summed E-state index contributed by atoms with van der Waals surface area (Å²) in [5, 5.41) is 0. The van der Waals surface area contributed by atoms with E-state index in [-0.39, 0.29) is 13.1 Å². The first kappa shape index (κ1) is 11.9.